The molecule has 3 amide bonds. The van der Waals surface area contributed by atoms with Crippen molar-refractivity contribution < 1.29 is 18.8 Å². The van der Waals surface area contributed by atoms with Gasteiger partial charge in [-0.1, -0.05) is 48.5 Å². The van der Waals surface area contributed by atoms with Crippen LogP contribution in [0.25, 0.3) is 0 Å². The second-order valence-corrected chi connectivity index (χ2v) is 6.52. The predicted octanol–water partition coefficient (Wildman–Crippen LogP) is 3.15. The molecule has 3 rings (SSSR count). The van der Waals surface area contributed by atoms with Crippen LogP contribution in [0.2, 0.25) is 0 Å². The van der Waals surface area contributed by atoms with E-state index in [4.69, 9.17) is 0 Å². The fourth-order valence-corrected chi connectivity index (χ4v) is 2.81. The molecule has 1 atom stereocenters. The highest BCUT2D eigenvalue weighted by Crippen LogP contribution is 2.17. The summed E-state index contributed by atoms with van der Waals surface area (Å²) < 4.78 is 13.0. The summed E-state index contributed by atoms with van der Waals surface area (Å²) in [5.74, 6) is -1.84. The lowest BCUT2D eigenvalue weighted by atomic mass is 10.0. The molecule has 7 heteroatoms. The molecule has 0 heterocycles. The highest BCUT2D eigenvalue weighted by Gasteiger charge is 2.19. The Hall–Kier alpha value is -4.00. The zero-order valence-corrected chi connectivity index (χ0v) is 16.0. The largest absolute Gasteiger partial charge is 0.345 e. The molecule has 0 radical (unpaired) electrons. The van der Waals surface area contributed by atoms with Gasteiger partial charge in [0.15, 0.2) is 0 Å². The van der Waals surface area contributed by atoms with Gasteiger partial charge >= 0.3 is 0 Å². The average molecular weight is 405 g/mol. The summed E-state index contributed by atoms with van der Waals surface area (Å²) in [6.45, 7) is 0. The maximum Gasteiger partial charge on any atom is 0.269 e. The maximum atomic E-state index is 13.0. The van der Waals surface area contributed by atoms with Gasteiger partial charge in [-0.2, -0.15) is 0 Å². The summed E-state index contributed by atoms with van der Waals surface area (Å²) in [5, 5.41) is 2.85. The molecule has 0 aliphatic rings. The second kappa shape index (κ2) is 9.97. The molecule has 0 fully saturated rings. The molecule has 0 spiro atoms. The number of nitrogens with one attached hydrogen (secondary N) is 3. The lowest BCUT2D eigenvalue weighted by molar-refractivity contribution is -0.122. The fraction of sp³-hybridized carbons (Fsp3) is 0.0870. The minimum absolute atomic E-state index is 0.0910. The van der Waals surface area contributed by atoms with E-state index in [-0.39, 0.29) is 17.9 Å². The van der Waals surface area contributed by atoms with Crippen LogP contribution in [0.4, 0.5) is 4.39 Å². The van der Waals surface area contributed by atoms with Crippen molar-refractivity contribution in [2.75, 3.05) is 0 Å². The molecule has 3 aromatic carbocycles. The number of carbonyl (C=O) groups is 3. The van der Waals surface area contributed by atoms with Crippen molar-refractivity contribution in [2.24, 2.45) is 0 Å². The predicted molar refractivity (Wildman–Crippen MR) is 110 cm³/mol. The van der Waals surface area contributed by atoms with E-state index in [9.17, 15) is 18.8 Å². The Balaban J connectivity index is 1.63. The third kappa shape index (κ3) is 5.75. The van der Waals surface area contributed by atoms with Crippen LogP contribution in [0.1, 0.15) is 38.7 Å². The van der Waals surface area contributed by atoms with E-state index >= 15 is 0 Å². The van der Waals surface area contributed by atoms with E-state index in [0.717, 1.165) is 17.7 Å². The van der Waals surface area contributed by atoms with E-state index < -0.39 is 23.7 Å². The Morgan fingerprint density at radius 1 is 0.700 bits per heavy atom. The minimum atomic E-state index is -0.596. The molecule has 3 N–H and O–H groups in total. The van der Waals surface area contributed by atoms with E-state index in [2.05, 4.69) is 16.2 Å². The Labute approximate surface area is 173 Å². The molecule has 6 nitrogen and oxygen atoms in total. The molecule has 0 saturated carbocycles. The number of carbonyl (C=O) groups excluding carboxylic acids is 3. The van der Waals surface area contributed by atoms with Crippen molar-refractivity contribution in [3.05, 3.63) is 107 Å². The van der Waals surface area contributed by atoms with Crippen LogP contribution < -0.4 is 16.2 Å². The first kappa shape index (κ1) is 20.7. The lowest BCUT2D eigenvalue weighted by Crippen LogP contribution is -2.43. The summed E-state index contributed by atoms with van der Waals surface area (Å²) in [6.07, 6.45) is -0.0910. The van der Waals surface area contributed by atoms with Gasteiger partial charge < -0.3 is 5.32 Å². The lowest BCUT2D eigenvalue weighted by Gasteiger charge is -2.19. The van der Waals surface area contributed by atoms with E-state index in [0.29, 0.717) is 5.56 Å². The first-order valence-electron chi connectivity index (χ1n) is 9.28. The van der Waals surface area contributed by atoms with Gasteiger partial charge in [0.1, 0.15) is 5.82 Å². The van der Waals surface area contributed by atoms with Gasteiger partial charge in [-0.25, -0.2) is 4.39 Å². The summed E-state index contributed by atoms with van der Waals surface area (Å²) in [4.78, 5) is 37.0. The van der Waals surface area contributed by atoms with Crippen molar-refractivity contribution in [3.63, 3.8) is 0 Å². The van der Waals surface area contributed by atoms with Crippen LogP contribution in [0.15, 0.2) is 84.9 Å². The first-order chi connectivity index (χ1) is 14.5. The maximum absolute atomic E-state index is 13.0. The van der Waals surface area contributed by atoms with E-state index in [1.165, 1.54) is 12.1 Å². The summed E-state index contributed by atoms with van der Waals surface area (Å²) >= 11 is 0. The van der Waals surface area contributed by atoms with Crippen LogP contribution >= 0.6 is 0 Å². The minimum Gasteiger partial charge on any atom is -0.345 e. The topological polar surface area (TPSA) is 87.3 Å². The Kier molecular flexibility index (Phi) is 6.89. The quantitative estimate of drug-likeness (QED) is 0.551. The molecule has 0 unspecified atom stereocenters. The molecular formula is C23H20FN3O3. The smallest absolute Gasteiger partial charge is 0.269 e. The summed E-state index contributed by atoms with van der Waals surface area (Å²) in [7, 11) is 0. The Morgan fingerprint density at radius 2 is 1.27 bits per heavy atom. The average Bonchev–Trinajstić information content (AvgIpc) is 2.78. The number of hydrogen-bond acceptors (Lipinski definition) is 3. The molecule has 0 aliphatic carbocycles. The highest BCUT2D eigenvalue weighted by atomic mass is 19.1. The molecule has 3 aromatic rings. The van der Waals surface area contributed by atoms with Gasteiger partial charge in [0.2, 0.25) is 5.91 Å². The SMILES string of the molecule is O=C(C[C@@H](NC(=O)c1ccccc1)c1ccccc1)NNC(=O)c1ccc(F)cc1. The number of rotatable bonds is 6. The van der Waals surface area contributed by atoms with Gasteiger partial charge in [0.05, 0.1) is 12.5 Å². The van der Waals surface area contributed by atoms with Gasteiger partial charge in [0.25, 0.3) is 11.8 Å². The van der Waals surface area contributed by atoms with Crippen LogP contribution in [0.3, 0.4) is 0 Å². The van der Waals surface area contributed by atoms with Crippen LogP contribution in [0, 0.1) is 5.82 Å². The fourth-order valence-electron chi connectivity index (χ4n) is 2.81. The Morgan fingerprint density at radius 3 is 1.90 bits per heavy atom. The van der Waals surface area contributed by atoms with Gasteiger partial charge in [0, 0.05) is 11.1 Å². The molecule has 0 aliphatic heterocycles. The number of benzene rings is 3. The van der Waals surface area contributed by atoms with Crippen molar-refractivity contribution in [1.82, 2.24) is 16.2 Å². The van der Waals surface area contributed by atoms with E-state index in [1.54, 1.807) is 36.4 Å². The zero-order valence-electron chi connectivity index (χ0n) is 16.0. The van der Waals surface area contributed by atoms with Crippen molar-refractivity contribution in [3.8, 4) is 0 Å². The third-order valence-corrected chi connectivity index (χ3v) is 4.35. The molecule has 0 saturated heterocycles. The number of amides is 3. The zero-order chi connectivity index (χ0) is 21.3. The van der Waals surface area contributed by atoms with E-state index in [1.807, 2.05) is 24.3 Å². The second-order valence-electron chi connectivity index (χ2n) is 6.52. The monoisotopic (exact) mass is 405 g/mol. The number of hydrazine groups is 1. The van der Waals surface area contributed by atoms with Crippen LogP contribution in [-0.4, -0.2) is 17.7 Å². The van der Waals surface area contributed by atoms with Gasteiger partial charge in [-0.3, -0.25) is 25.2 Å². The Bertz CT molecular complexity index is 1010. The van der Waals surface area contributed by atoms with Crippen LogP contribution in [0.5, 0.6) is 0 Å². The van der Waals surface area contributed by atoms with Gasteiger partial charge in [-0.15, -0.1) is 0 Å². The highest BCUT2D eigenvalue weighted by molar-refractivity contribution is 5.96. The first-order valence-corrected chi connectivity index (χ1v) is 9.28. The number of halogens is 1. The normalized spacial score (nSPS) is 11.2. The molecule has 0 aromatic heterocycles. The van der Waals surface area contributed by atoms with Crippen molar-refractivity contribution in [2.45, 2.75) is 12.5 Å². The molecule has 152 valence electrons. The summed E-state index contributed by atoms with van der Waals surface area (Å²) in [6, 6.07) is 22.1. The van der Waals surface area contributed by atoms with Gasteiger partial charge in [-0.05, 0) is 42.0 Å². The molecular weight excluding hydrogens is 385 g/mol. The summed E-state index contributed by atoms with van der Waals surface area (Å²) in [5.41, 5.74) is 6.04. The van der Waals surface area contributed by atoms with Crippen LogP contribution in [-0.2, 0) is 4.79 Å². The van der Waals surface area contributed by atoms with Crippen molar-refractivity contribution >= 4 is 17.7 Å². The number of hydrogen-bond donors (Lipinski definition) is 3. The molecule has 0 bridgehead atoms. The molecule has 30 heavy (non-hydrogen) atoms. The standard InChI is InChI=1S/C23H20FN3O3/c24-19-13-11-18(12-14-19)23(30)27-26-21(28)15-20(16-7-3-1-4-8-16)25-22(29)17-9-5-2-6-10-17/h1-14,20H,15H2,(H,25,29)(H,26,28)(H,27,30)/t20-/m1/s1. The van der Waals surface area contributed by atoms with Crippen molar-refractivity contribution in [1.29, 1.82) is 0 Å². The third-order valence-electron chi connectivity index (χ3n) is 4.35.